The van der Waals surface area contributed by atoms with E-state index in [-0.39, 0.29) is 11.5 Å². The summed E-state index contributed by atoms with van der Waals surface area (Å²) >= 11 is 2.73. The van der Waals surface area contributed by atoms with Crippen LogP contribution in [0.15, 0.2) is 5.38 Å². The lowest BCUT2D eigenvalue weighted by Crippen LogP contribution is -2.06. The Morgan fingerprint density at radius 3 is 2.67 bits per heavy atom. The predicted octanol–water partition coefficient (Wildman–Crippen LogP) is 2.09. The molecule has 0 atom stereocenters. The zero-order valence-electron chi connectivity index (χ0n) is 10.0. The van der Waals surface area contributed by atoms with Crippen molar-refractivity contribution in [2.45, 2.75) is 19.6 Å². The number of nitrogens with two attached hydrogens (primary N) is 1. The normalized spacial score (nSPS) is 11.9. The fourth-order valence-corrected chi connectivity index (χ4v) is 4.30. The van der Waals surface area contributed by atoms with Crippen LogP contribution >= 0.6 is 22.7 Å². The summed E-state index contributed by atoms with van der Waals surface area (Å²) in [4.78, 5) is 9.37. The maximum atomic E-state index is 11.6. The fourth-order valence-electron chi connectivity index (χ4n) is 1.43. The largest absolute Gasteiger partial charge is 0.375 e. The predicted molar refractivity (Wildman–Crippen MR) is 75.5 cm³/mol. The second-order valence-electron chi connectivity index (χ2n) is 3.77. The molecule has 0 spiro atoms. The van der Waals surface area contributed by atoms with Gasteiger partial charge in [0.05, 0.1) is 16.3 Å². The Morgan fingerprint density at radius 2 is 2.11 bits per heavy atom. The topological polar surface area (TPSA) is 85.9 Å². The highest BCUT2D eigenvalue weighted by atomic mass is 32.2. The van der Waals surface area contributed by atoms with E-state index >= 15 is 0 Å². The van der Waals surface area contributed by atoms with Gasteiger partial charge in [0.25, 0.3) is 0 Å². The molecule has 98 valence electrons. The lowest BCUT2D eigenvalue weighted by molar-refractivity contribution is 0.596. The Labute approximate surface area is 114 Å². The summed E-state index contributed by atoms with van der Waals surface area (Å²) in [5.74, 6) is 0.124. The van der Waals surface area contributed by atoms with Crippen LogP contribution in [0, 0.1) is 6.92 Å². The molecule has 0 radical (unpaired) electrons. The van der Waals surface area contributed by atoms with Gasteiger partial charge in [0, 0.05) is 11.1 Å². The van der Waals surface area contributed by atoms with E-state index in [2.05, 4.69) is 9.97 Å². The zero-order chi connectivity index (χ0) is 13.3. The molecule has 0 bridgehead atoms. The van der Waals surface area contributed by atoms with Crippen LogP contribution < -0.4 is 5.73 Å². The molecular weight excluding hydrogens is 290 g/mol. The first-order valence-electron chi connectivity index (χ1n) is 5.29. The van der Waals surface area contributed by atoms with Crippen molar-refractivity contribution in [3.05, 3.63) is 16.1 Å². The Bertz CT molecular complexity index is 658. The quantitative estimate of drug-likeness (QED) is 0.934. The van der Waals surface area contributed by atoms with Gasteiger partial charge in [-0.2, -0.15) is 0 Å². The molecular formula is C10H13N3O2S3. The number of hydrogen-bond donors (Lipinski definition) is 1. The van der Waals surface area contributed by atoms with Gasteiger partial charge in [-0.05, 0) is 6.92 Å². The van der Waals surface area contributed by atoms with Crippen molar-refractivity contribution in [3.8, 4) is 10.6 Å². The van der Waals surface area contributed by atoms with Crippen molar-refractivity contribution in [1.82, 2.24) is 9.97 Å². The van der Waals surface area contributed by atoms with E-state index in [0.29, 0.717) is 10.1 Å². The molecule has 0 fully saturated rings. The second kappa shape index (κ2) is 4.94. The van der Waals surface area contributed by atoms with E-state index in [1.807, 2.05) is 12.3 Å². The van der Waals surface area contributed by atoms with Gasteiger partial charge < -0.3 is 5.73 Å². The van der Waals surface area contributed by atoms with E-state index in [1.165, 1.54) is 22.7 Å². The summed E-state index contributed by atoms with van der Waals surface area (Å²) in [5.41, 5.74) is 7.16. The SMILES string of the molecule is CCS(=O)(=O)Cc1nc(C)c(-c2csc(N)n2)s1. The number of hydrogen-bond acceptors (Lipinski definition) is 7. The number of thiazole rings is 2. The maximum Gasteiger partial charge on any atom is 0.180 e. The van der Waals surface area contributed by atoms with Gasteiger partial charge in [0.15, 0.2) is 15.0 Å². The van der Waals surface area contributed by atoms with Crippen molar-refractivity contribution in [2.75, 3.05) is 11.5 Å². The van der Waals surface area contributed by atoms with Crippen LogP contribution in [0.25, 0.3) is 10.6 Å². The number of aromatic nitrogens is 2. The summed E-state index contributed by atoms with van der Waals surface area (Å²) in [6, 6.07) is 0. The van der Waals surface area contributed by atoms with Crippen LogP contribution in [-0.2, 0) is 15.6 Å². The Balaban J connectivity index is 2.33. The summed E-state index contributed by atoms with van der Waals surface area (Å²) in [6.45, 7) is 3.49. The third kappa shape index (κ3) is 2.88. The molecule has 0 aliphatic rings. The Hall–Kier alpha value is -0.990. The lowest BCUT2D eigenvalue weighted by Gasteiger charge is -1.95. The van der Waals surface area contributed by atoms with Gasteiger partial charge in [-0.3, -0.25) is 0 Å². The standard InChI is InChI=1S/C10H13N3O2S3/c1-3-18(14,15)5-8-12-6(2)9(17-8)7-4-16-10(11)13-7/h4H,3,5H2,1-2H3,(H2,11,13). The summed E-state index contributed by atoms with van der Waals surface area (Å²) in [6.07, 6.45) is 0. The molecule has 0 aromatic carbocycles. The molecule has 0 aliphatic carbocycles. The van der Waals surface area contributed by atoms with Crippen LogP contribution in [0.5, 0.6) is 0 Å². The van der Waals surface area contributed by atoms with Crippen LogP contribution in [0.3, 0.4) is 0 Å². The van der Waals surface area contributed by atoms with Crippen LogP contribution in [0.2, 0.25) is 0 Å². The number of aryl methyl sites for hydroxylation is 1. The maximum absolute atomic E-state index is 11.6. The second-order valence-corrected chi connectivity index (χ2v) is 8.10. The van der Waals surface area contributed by atoms with Crippen molar-refractivity contribution in [2.24, 2.45) is 0 Å². The molecule has 0 saturated carbocycles. The van der Waals surface area contributed by atoms with Crippen LogP contribution in [-0.4, -0.2) is 24.1 Å². The zero-order valence-corrected chi connectivity index (χ0v) is 12.5. The van der Waals surface area contributed by atoms with Gasteiger partial charge in [0.1, 0.15) is 10.8 Å². The molecule has 0 amide bonds. The van der Waals surface area contributed by atoms with Gasteiger partial charge in [-0.15, -0.1) is 22.7 Å². The average molecular weight is 303 g/mol. The summed E-state index contributed by atoms with van der Waals surface area (Å²) in [7, 11) is -3.05. The van der Waals surface area contributed by atoms with Crippen molar-refractivity contribution in [1.29, 1.82) is 0 Å². The molecule has 2 aromatic rings. The lowest BCUT2D eigenvalue weighted by atomic mass is 10.3. The van der Waals surface area contributed by atoms with Gasteiger partial charge in [-0.1, -0.05) is 6.92 Å². The van der Waals surface area contributed by atoms with Crippen molar-refractivity contribution >= 4 is 37.6 Å². The highest BCUT2D eigenvalue weighted by molar-refractivity contribution is 7.90. The van der Waals surface area contributed by atoms with Gasteiger partial charge in [0.2, 0.25) is 0 Å². The average Bonchev–Trinajstić information content (AvgIpc) is 2.84. The molecule has 2 heterocycles. The summed E-state index contributed by atoms with van der Waals surface area (Å²) in [5, 5.41) is 2.96. The van der Waals surface area contributed by atoms with Crippen LogP contribution in [0.1, 0.15) is 17.6 Å². The van der Waals surface area contributed by atoms with Crippen molar-refractivity contribution in [3.63, 3.8) is 0 Å². The highest BCUT2D eigenvalue weighted by Gasteiger charge is 2.16. The fraction of sp³-hybridized carbons (Fsp3) is 0.400. The molecule has 0 aliphatic heterocycles. The number of rotatable bonds is 4. The molecule has 2 N–H and O–H groups in total. The highest BCUT2D eigenvalue weighted by Crippen LogP contribution is 2.32. The molecule has 0 saturated heterocycles. The number of nitrogens with zero attached hydrogens (tertiary/aromatic N) is 2. The number of anilines is 1. The van der Waals surface area contributed by atoms with E-state index in [9.17, 15) is 8.42 Å². The van der Waals surface area contributed by atoms with E-state index in [1.54, 1.807) is 6.92 Å². The molecule has 5 nitrogen and oxygen atoms in total. The first-order valence-corrected chi connectivity index (χ1v) is 8.81. The van der Waals surface area contributed by atoms with E-state index in [0.717, 1.165) is 16.3 Å². The molecule has 8 heteroatoms. The first kappa shape index (κ1) is 13.4. The monoisotopic (exact) mass is 303 g/mol. The van der Waals surface area contributed by atoms with E-state index in [4.69, 9.17) is 5.73 Å². The van der Waals surface area contributed by atoms with E-state index < -0.39 is 9.84 Å². The molecule has 2 aromatic heterocycles. The van der Waals surface area contributed by atoms with Gasteiger partial charge in [-0.25, -0.2) is 18.4 Å². The Morgan fingerprint density at radius 1 is 1.39 bits per heavy atom. The Kier molecular flexibility index (Phi) is 3.69. The molecule has 0 unspecified atom stereocenters. The third-order valence-electron chi connectivity index (χ3n) is 2.38. The third-order valence-corrected chi connectivity index (χ3v) is 6.01. The molecule has 18 heavy (non-hydrogen) atoms. The number of nitrogen functional groups attached to an aromatic ring is 1. The van der Waals surface area contributed by atoms with Crippen molar-refractivity contribution < 1.29 is 8.42 Å². The minimum absolute atomic E-state index is 0.00533. The first-order chi connectivity index (χ1) is 8.41. The minimum Gasteiger partial charge on any atom is -0.375 e. The van der Waals surface area contributed by atoms with Gasteiger partial charge >= 0.3 is 0 Å². The number of sulfone groups is 1. The summed E-state index contributed by atoms with van der Waals surface area (Å²) < 4.78 is 23.1. The molecule has 2 rings (SSSR count). The smallest absolute Gasteiger partial charge is 0.180 e. The minimum atomic E-state index is -3.05. The van der Waals surface area contributed by atoms with Crippen LogP contribution in [0.4, 0.5) is 5.13 Å².